The second kappa shape index (κ2) is 7.44. The molecule has 0 N–H and O–H groups in total. The van der Waals surface area contributed by atoms with Gasteiger partial charge in [-0.3, -0.25) is 15.0 Å². The van der Waals surface area contributed by atoms with E-state index in [4.69, 9.17) is 4.42 Å². The minimum atomic E-state index is -0.341. The highest BCUT2D eigenvalue weighted by Crippen LogP contribution is 2.29. The molecule has 1 aliphatic rings. The van der Waals surface area contributed by atoms with Gasteiger partial charge in [0.25, 0.3) is 5.69 Å². The molecule has 28 heavy (non-hydrogen) atoms. The normalized spacial score (nSPS) is 15.1. The predicted octanol–water partition coefficient (Wildman–Crippen LogP) is 3.33. The Labute approximate surface area is 161 Å². The van der Waals surface area contributed by atoms with Crippen LogP contribution in [0, 0.1) is 17.0 Å². The maximum absolute atomic E-state index is 11.9. The Morgan fingerprint density at radius 2 is 1.82 bits per heavy atom. The van der Waals surface area contributed by atoms with E-state index in [9.17, 15) is 14.9 Å². The van der Waals surface area contributed by atoms with Gasteiger partial charge in [-0.15, -0.1) is 0 Å². The first-order valence-electron chi connectivity index (χ1n) is 9.25. The molecule has 0 radical (unpaired) electrons. The molecule has 7 nitrogen and oxygen atoms in total. The zero-order valence-corrected chi connectivity index (χ0v) is 15.6. The van der Waals surface area contributed by atoms with Crippen molar-refractivity contribution in [3.8, 4) is 0 Å². The van der Waals surface area contributed by atoms with Crippen LogP contribution in [0.5, 0.6) is 0 Å². The lowest BCUT2D eigenvalue weighted by Crippen LogP contribution is -2.46. The molecule has 0 aliphatic carbocycles. The van der Waals surface area contributed by atoms with Crippen molar-refractivity contribution < 1.29 is 9.34 Å². The van der Waals surface area contributed by atoms with Crippen LogP contribution in [0.3, 0.4) is 0 Å². The number of anilines is 1. The van der Waals surface area contributed by atoms with E-state index >= 15 is 0 Å². The molecule has 0 saturated carbocycles. The summed E-state index contributed by atoms with van der Waals surface area (Å²) in [5.74, 6) is 0. The minimum absolute atomic E-state index is 0.137. The van der Waals surface area contributed by atoms with Crippen molar-refractivity contribution >= 4 is 22.3 Å². The summed E-state index contributed by atoms with van der Waals surface area (Å²) in [7, 11) is 0. The maximum Gasteiger partial charge on any atom is 0.336 e. The smallest absolute Gasteiger partial charge is 0.336 e. The largest absolute Gasteiger partial charge is 0.423 e. The summed E-state index contributed by atoms with van der Waals surface area (Å²) in [4.78, 5) is 27.2. The molecule has 1 aromatic heterocycles. The van der Waals surface area contributed by atoms with E-state index < -0.39 is 0 Å². The van der Waals surface area contributed by atoms with Crippen molar-refractivity contribution in [2.75, 3.05) is 31.1 Å². The van der Waals surface area contributed by atoms with E-state index in [-0.39, 0.29) is 16.2 Å². The molecule has 0 bridgehead atoms. The van der Waals surface area contributed by atoms with Crippen LogP contribution < -0.4 is 10.5 Å². The Morgan fingerprint density at radius 3 is 2.57 bits per heavy atom. The molecule has 4 rings (SSSR count). The predicted molar refractivity (Wildman–Crippen MR) is 108 cm³/mol. The highest BCUT2D eigenvalue weighted by molar-refractivity contribution is 5.80. The molecule has 0 atom stereocenters. The first kappa shape index (κ1) is 18.2. The molecule has 144 valence electrons. The average Bonchev–Trinajstić information content (AvgIpc) is 2.68. The number of hydrogen-bond acceptors (Lipinski definition) is 6. The number of benzene rings is 2. The highest BCUT2D eigenvalue weighted by Gasteiger charge is 2.23. The van der Waals surface area contributed by atoms with Crippen LogP contribution in [0.4, 0.5) is 11.4 Å². The lowest BCUT2D eigenvalue weighted by atomic mass is 10.1. The van der Waals surface area contributed by atoms with Gasteiger partial charge >= 0.3 is 5.63 Å². The van der Waals surface area contributed by atoms with Crippen molar-refractivity contribution in [1.29, 1.82) is 0 Å². The van der Waals surface area contributed by atoms with Gasteiger partial charge < -0.3 is 9.32 Å². The molecule has 1 saturated heterocycles. The van der Waals surface area contributed by atoms with Gasteiger partial charge in [-0.2, -0.15) is 0 Å². The first-order chi connectivity index (χ1) is 13.5. The van der Waals surface area contributed by atoms with Gasteiger partial charge in [0.2, 0.25) is 0 Å². The second-order valence-electron chi connectivity index (χ2n) is 7.10. The fourth-order valence-electron chi connectivity index (χ4n) is 3.74. The molecule has 7 heteroatoms. The average molecular weight is 379 g/mol. The second-order valence-corrected chi connectivity index (χ2v) is 7.10. The van der Waals surface area contributed by atoms with Crippen LogP contribution in [-0.2, 0) is 6.54 Å². The Hall–Kier alpha value is -3.19. The number of aryl methyl sites for hydroxylation is 1. The number of hydrogen-bond donors (Lipinski definition) is 0. The maximum atomic E-state index is 11.9. The number of rotatable bonds is 4. The summed E-state index contributed by atoms with van der Waals surface area (Å²) < 4.78 is 5.34. The molecule has 1 aliphatic heterocycles. The third-order valence-corrected chi connectivity index (χ3v) is 5.17. The van der Waals surface area contributed by atoms with E-state index in [1.807, 2.05) is 31.2 Å². The topological polar surface area (TPSA) is 79.8 Å². The zero-order valence-electron chi connectivity index (χ0n) is 15.6. The van der Waals surface area contributed by atoms with Gasteiger partial charge in [0.15, 0.2) is 0 Å². The number of nitro benzene ring substituents is 1. The summed E-state index contributed by atoms with van der Waals surface area (Å²) in [5, 5.41) is 12.2. The third-order valence-electron chi connectivity index (χ3n) is 5.17. The lowest BCUT2D eigenvalue weighted by Gasteiger charge is -2.35. The minimum Gasteiger partial charge on any atom is -0.423 e. The van der Waals surface area contributed by atoms with E-state index in [1.54, 1.807) is 24.3 Å². The molecule has 0 amide bonds. The fraction of sp³-hybridized carbons (Fsp3) is 0.286. The van der Waals surface area contributed by atoms with E-state index in [2.05, 4.69) is 9.80 Å². The number of fused-ring (bicyclic) bond motifs is 1. The molecule has 0 spiro atoms. The van der Waals surface area contributed by atoms with Crippen molar-refractivity contribution in [3.05, 3.63) is 80.2 Å². The van der Waals surface area contributed by atoms with Crippen LogP contribution in [0.15, 0.2) is 57.7 Å². The molecule has 2 aromatic carbocycles. The van der Waals surface area contributed by atoms with Gasteiger partial charge in [-0.25, -0.2) is 4.79 Å². The fourth-order valence-corrected chi connectivity index (χ4v) is 3.74. The number of para-hydroxylation sites is 2. The quantitative estimate of drug-likeness (QED) is 0.393. The van der Waals surface area contributed by atoms with Gasteiger partial charge in [0, 0.05) is 50.2 Å². The van der Waals surface area contributed by atoms with E-state index in [0.29, 0.717) is 30.9 Å². The van der Waals surface area contributed by atoms with Crippen molar-refractivity contribution in [3.63, 3.8) is 0 Å². The molecule has 2 heterocycles. The summed E-state index contributed by atoms with van der Waals surface area (Å²) in [6.07, 6.45) is 0. The number of nitro groups is 1. The van der Waals surface area contributed by atoms with Crippen LogP contribution in [-0.4, -0.2) is 36.0 Å². The van der Waals surface area contributed by atoms with Crippen molar-refractivity contribution in [2.45, 2.75) is 13.5 Å². The molecule has 0 unspecified atom stereocenters. The monoisotopic (exact) mass is 379 g/mol. The molecule has 1 fully saturated rings. The van der Waals surface area contributed by atoms with Gasteiger partial charge in [-0.1, -0.05) is 24.3 Å². The molecular formula is C21H21N3O4. The van der Waals surface area contributed by atoms with E-state index in [1.165, 1.54) is 0 Å². The lowest BCUT2D eigenvalue weighted by molar-refractivity contribution is -0.384. The Morgan fingerprint density at radius 1 is 1.07 bits per heavy atom. The third kappa shape index (κ3) is 3.61. The van der Waals surface area contributed by atoms with Gasteiger partial charge in [0.1, 0.15) is 11.3 Å². The van der Waals surface area contributed by atoms with Gasteiger partial charge in [-0.05, 0) is 30.2 Å². The summed E-state index contributed by atoms with van der Waals surface area (Å²) >= 11 is 0. The summed E-state index contributed by atoms with van der Waals surface area (Å²) in [6, 6.07) is 14.3. The van der Waals surface area contributed by atoms with Crippen molar-refractivity contribution in [1.82, 2.24) is 4.90 Å². The van der Waals surface area contributed by atoms with Crippen LogP contribution in [0.2, 0.25) is 0 Å². The summed E-state index contributed by atoms with van der Waals surface area (Å²) in [5.41, 5.74) is 3.07. The Bertz CT molecular complexity index is 1080. The SMILES string of the molecule is Cc1ccc2c(CN3CCN(c4ccccc4[N+](=O)[O-])CC3)cc(=O)oc2c1. The van der Waals surface area contributed by atoms with Crippen LogP contribution >= 0.6 is 0 Å². The standard InChI is InChI=1S/C21H21N3O4/c1-15-6-7-17-16(13-21(25)28-20(17)12-15)14-22-8-10-23(11-9-22)18-4-2-3-5-19(18)24(26)27/h2-7,12-13H,8-11,14H2,1H3. The molecular weight excluding hydrogens is 358 g/mol. The summed E-state index contributed by atoms with van der Waals surface area (Å²) in [6.45, 7) is 5.54. The van der Waals surface area contributed by atoms with Gasteiger partial charge in [0.05, 0.1) is 4.92 Å². The Balaban J connectivity index is 1.51. The van der Waals surface area contributed by atoms with E-state index in [0.717, 1.165) is 29.6 Å². The van der Waals surface area contributed by atoms with Crippen molar-refractivity contribution in [2.24, 2.45) is 0 Å². The number of nitrogens with zero attached hydrogens (tertiary/aromatic N) is 3. The Kier molecular flexibility index (Phi) is 4.83. The van der Waals surface area contributed by atoms with Crippen LogP contribution in [0.25, 0.3) is 11.0 Å². The zero-order chi connectivity index (χ0) is 19.7. The first-order valence-corrected chi connectivity index (χ1v) is 9.25. The van der Waals surface area contributed by atoms with Crippen LogP contribution in [0.1, 0.15) is 11.1 Å². The highest BCUT2D eigenvalue weighted by atomic mass is 16.6. The molecule has 3 aromatic rings. The number of piperazine rings is 1.